The summed E-state index contributed by atoms with van der Waals surface area (Å²) in [4.78, 5) is 29.7. The molecular weight excluding hydrogens is 342 g/mol. The van der Waals surface area contributed by atoms with E-state index in [1.807, 2.05) is 31.2 Å². The van der Waals surface area contributed by atoms with Gasteiger partial charge in [0.15, 0.2) is 0 Å². The van der Waals surface area contributed by atoms with Gasteiger partial charge in [-0.3, -0.25) is 9.59 Å². The highest BCUT2D eigenvalue weighted by Gasteiger charge is 2.25. The standard InChI is InChI=1S/C20H23N5O2/c1-3-18(26)25-10-9-15(12-25)22-17-8-7-16(19(21)27)20(24-17)23-14-6-4-5-13(2)11-14/h3-8,11,15H,1,9-10,12H2,2H3,(H2,21,27)(H2,22,23,24). The van der Waals surface area contributed by atoms with Crippen LogP contribution in [0.5, 0.6) is 0 Å². The molecule has 140 valence electrons. The lowest BCUT2D eigenvalue weighted by Crippen LogP contribution is -2.30. The van der Waals surface area contributed by atoms with E-state index >= 15 is 0 Å². The highest BCUT2D eigenvalue weighted by molar-refractivity contribution is 5.98. The number of likely N-dealkylation sites (tertiary alicyclic amines) is 1. The van der Waals surface area contributed by atoms with E-state index in [9.17, 15) is 9.59 Å². The number of hydrogen-bond acceptors (Lipinski definition) is 5. The molecule has 4 N–H and O–H groups in total. The molecule has 1 unspecified atom stereocenters. The van der Waals surface area contributed by atoms with Gasteiger partial charge in [-0.2, -0.15) is 0 Å². The van der Waals surface area contributed by atoms with Crippen molar-refractivity contribution in [3.05, 3.63) is 60.2 Å². The summed E-state index contributed by atoms with van der Waals surface area (Å²) in [6, 6.07) is 11.2. The van der Waals surface area contributed by atoms with Crippen molar-refractivity contribution in [3.8, 4) is 0 Å². The molecule has 1 saturated heterocycles. The van der Waals surface area contributed by atoms with Crippen LogP contribution in [-0.2, 0) is 4.79 Å². The number of anilines is 3. The molecule has 2 amide bonds. The van der Waals surface area contributed by atoms with E-state index < -0.39 is 5.91 Å². The Morgan fingerprint density at radius 1 is 1.33 bits per heavy atom. The molecule has 3 rings (SSSR count). The summed E-state index contributed by atoms with van der Waals surface area (Å²) in [6.07, 6.45) is 2.14. The van der Waals surface area contributed by atoms with E-state index in [2.05, 4.69) is 22.2 Å². The fraction of sp³-hybridized carbons (Fsp3) is 0.250. The normalized spacial score (nSPS) is 16.0. The van der Waals surface area contributed by atoms with E-state index in [4.69, 9.17) is 5.73 Å². The Morgan fingerprint density at radius 3 is 2.85 bits per heavy atom. The number of nitrogens with one attached hydrogen (secondary N) is 2. The maximum absolute atomic E-state index is 11.8. The van der Waals surface area contributed by atoms with Crippen LogP contribution < -0.4 is 16.4 Å². The smallest absolute Gasteiger partial charge is 0.252 e. The van der Waals surface area contributed by atoms with E-state index in [-0.39, 0.29) is 11.9 Å². The van der Waals surface area contributed by atoms with Crippen LogP contribution in [0.4, 0.5) is 17.3 Å². The first kappa shape index (κ1) is 18.4. The third-order valence-corrected chi connectivity index (χ3v) is 4.47. The fourth-order valence-corrected chi connectivity index (χ4v) is 3.11. The quantitative estimate of drug-likeness (QED) is 0.683. The lowest BCUT2D eigenvalue weighted by atomic mass is 10.2. The Labute approximate surface area is 158 Å². The van der Waals surface area contributed by atoms with Crippen LogP contribution in [0.3, 0.4) is 0 Å². The Bertz CT molecular complexity index is 880. The molecule has 1 aliphatic rings. The van der Waals surface area contributed by atoms with Crippen LogP contribution in [0.1, 0.15) is 22.3 Å². The first-order chi connectivity index (χ1) is 13.0. The second-order valence-electron chi connectivity index (χ2n) is 6.57. The van der Waals surface area contributed by atoms with Crippen molar-refractivity contribution >= 4 is 29.1 Å². The fourth-order valence-electron chi connectivity index (χ4n) is 3.11. The molecular formula is C20H23N5O2. The average Bonchev–Trinajstić information content (AvgIpc) is 3.09. The number of carbonyl (C=O) groups excluding carboxylic acids is 2. The zero-order valence-electron chi connectivity index (χ0n) is 15.2. The molecule has 0 spiro atoms. The van der Waals surface area contributed by atoms with Crippen molar-refractivity contribution in [2.24, 2.45) is 5.73 Å². The number of primary amides is 1. The van der Waals surface area contributed by atoms with Crippen LogP contribution in [0.15, 0.2) is 49.1 Å². The molecule has 2 heterocycles. The number of hydrogen-bond donors (Lipinski definition) is 3. The Balaban J connectivity index is 1.78. The number of aromatic nitrogens is 1. The van der Waals surface area contributed by atoms with E-state index in [0.29, 0.717) is 30.3 Å². The molecule has 2 aromatic rings. The van der Waals surface area contributed by atoms with Crippen molar-refractivity contribution in [1.29, 1.82) is 0 Å². The number of pyridine rings is 1. The third-order valence-electron chi connectivity index (χ3n) is 4.47. The molecule has 1 atom stereocenters. The summed E-state index contributed by atoms with van der Waals surface area (Å²) in [5.41, 5.74) is 7.72. The maximum atomic E-state index is 11.8. The average molecular weight is 365 g/mol. The molecule has 0 saturated carbocycles. The van der Waals surface area contributed by atoms with Crippen LogP contribution in [0.2, 0.25) is 0 Å². The number of amides is 2. The first-order valence-electron chi connectivity index (χ1n) is 8.78. The van der Waals surface area contributed by atoms with Gasteiger partial charge in [-0.1, -0.05) is 18.7 Å². The van der Waals surface area contributed by atoms with E-state index in [1.54, 1.807) is 17.0 Å². The number of aryl methyl sites for hydroxylation is 1. The number of benzene rings is 1. The molecule has 7 heteroatoms. The summed E-state index contributed by atoms with van der Waals surface area (Å²) in [5.74, 6) is 0.397. The largest absolute Gasteiger partial charge is 0.365 e. The van der Waals surface area contributed by atoms with Crippen LogP contribution in [0, 0.1) is 6.92 Å². The predicted molar refractivity (Wildman–Crippen MR) is 106 cm³/mol. The Hall–Kier alpha value is -3.35. The molecule has 7 nitrogen and oxygen atoms in total. The lowest BCUT2D eigenvalue weighted by Gasteiger charge is -2.17. The summed E-state index contributed by atoms with van der Waals surface area (Å²) < 4.78 is 0. The Kier molecular flexibility index (Phi) is 5.40. The van der Waals surface area contributed by atoms with E-state index in [1.165, 1.54) is 6.08 Å². The highest BCUT2D eigenvalue weighted by atomic mass is 16.2. The molecule has 1 fully saturated rings. The van der Waals surface area contributed by atoms with Crippen molar-refractivity contribution in [1.82, 2.24) is 9.88 Å². The zero-order chi connectivity index (χ0) is 19.4. The number of carbonyl (C=O) groups is 2. The van der Waals surface area contributed by atoms with Crippen LogP contribution in [0.25, 0.3) is 0 Å². The monoisotopic (exact) mass is 365 g/mol. The highest BCUT2D eigenvalue weighted by Crippen LogP contribution is 2.23. The van der Waals surface area contributed by atoms with Gasteiger partial charge in [0.25, 0.3) is 5.91 Å². The van der Waals surface area contributed by atoms with Crippen molar-refractivity contribution in [2.45, 2.75) is 19.4 Å². The number of rotatable bonds is 6. The molecule has 1 aliphatic heterocycles. The molecule has 1 aromatic carbocycles. The van der Waals surface area contributed by atoms with Gasteiger partial charge in [0.05, 0.1) is 5.56 Å². The zero-order valence-corrected chi connectivity index (χ0v) is 15.2. The van der Waals surface area contributed by atoms with Gasteiger partial charge in [-0.25, -0.2) is 4.98 Å². The van der Waals surface area contributed by atoms with Gasteiger partial charge in [-0.15, -0.1) is 0 Å². The van der Waals surface area contributed by atoms with Gasteiger partial charge in [0.1, 0.15) is 11.6 Å². The molecule has 0 radical (unpaired) electrons. The maximum Gasteiger partial charge on any atom is 0.252 e. The van der Waals surface area contributed by atoms with Crippen molar-refractivity contribution < 1.29 is 9.59 Å². The second-order valence-corrected chi connectivity index (χ2v) is 6.57. The lowest BCUT2D eigenvalue weighted by molar-refractivity contribution is -0.125. The molecule has 1 aromatic heterocycles. The van der Waals surface area contributed by atoms with Crippen molar-refractivity contribution in [3.63, 3.8) is 0 Å². The van der Waals surface area contributed by atoms with Crippen LogP contribution >= 0.6 is 0 Å². The first-order valence-corrected chi connectivity index (χ1v) is 8.78. The third kappa shape index (κ3) is 4.44. The predicted octanol–water partition coefficient (Wildman–Crippen LogP) is 2.43. The van der Waals surface area contributed by atoms with Crippen LogP contribution in [-0.4, -0.2) is 40.8 Å². The van der Waals surface area contributed by atoms with Gasteiger partial charge < -0.3 is 21.3 Å². The van der Waals surface area contributed by atoms with Gasteiger partial charge >= 0.3 is 0 Å². The van der Waals surface area contributed by atoms with E-state index in [0.717, 1.165) is 17.7 Å². The summed E-state index contributed by atoms with van der Waals surface area (Å²) in [5, 5.41) is 6.49. The summed E-state index contributed by atoms with van der Waals surface area (Å²) in [7, 11) is 0. The minimum absolute atomic E-state index is 0.0712. The number of nitrogens with two attached hydrogens (primary N) is 1. The molecule has 0 aliphatic carbocycles. The Morgan fingerprint density at radius 2 is 2.15 bits per heavy atom. The summed E-state index contributed by atoms with van der Waals surface area (Å²) in [6.45, 7) is 6.78. The second kappa shape index (κ2) is 7.90. The topological polar surface area (TPSA) is 100 Å². The van der Waals surface area contributed by atoms with Gasteiger partial charge in [0, 0.05) is 24.8 Å². The number of nitrogens with zero attached hydrogens (tertiary/aromatic N) is 2. The van der Waals surface area contributed by atoms with Gasteiger partial charge in [0.2, 0.25) is 5.91 Å². The summed E-state index contributed by atoms with van der Waals surface area (Å²) >= 11 is 0. The molecule has 27 heavy (non-hydrogen) atoms. The van der Waals surface area contributed by atoms with Crippen molar-refractivity contribution in [2.75, 3.05) is 23.7 Å². The molecule has 0 bridgehead atoms. The SMILES string of the molecule is C=CC(=O)N1CCC(Nc2ccc(C(N)=O)c(Nc3cccc(C)c3)n2)C1. The minimum Gasteiger partial charge on any atom is -0.365 e. The van der Waals surface area contributed by atoms with Gasteiger partial charge in [-0.05, 0) is 49.2 Å². The minimum atomic E-state index is -0.548.